The molecule has 0 spiro atoms. The third-order valence-corrected chi connectivity index (χ3v) is 4.89. The first kappa shape index (κ1) is 14.7. The van der Waals surface area contributed by atoms with E-state index in [4.69, 9.17) is 4.65 Å². The summed E-state index contributed by atoms with van der Waals surface area (Å²) in [6, 6.07) is 5.56. The molecule has 0 radical (unpaired) electrons. The molecule has 3 rings (SSSR count). The molecule has 1 aromatic rings. The van der Waals surface area contributed by atoms with Crippen molar-refractivity contribution in [3.63, 3.8) is 0 Å². The van der Waals surface area contributed by atoms with E-state index < -0.39 is 12.7 Å². The van der Waals surface area contributed by atoms with E-state index in [1.54, 1.807) is 17.8 Å². The van der Waals surface area contributed by atoms with Crippen LogP contribution in [0.2, 0.25) is 0 Å². The van der Waals surface area contributed by atoms with Crippen LogP contribution >= 0.6 is 11.8 Å². The molecule has 4 nitrogen and oxygen atoms in total. The molecule has 0 bridgehead atoms. The average molecular weight is 303 g/mol. The molecule has 2 aliphatic rings. The van der Waals surface area contributed by atoms with E-state index in [-0.39, 0.29) is 5.91 Å². The minimum atomic E-state index is -0.931. The predicted octanol–water partition coefficient (Wildman–Crippen LogP) is 1.99. The second kappa shape index (κ2) is 5.52. The lowest BCUT2D eigenvalue weighted by Crippen LogP contribution is -2.29. The van der Waals surface area contributed by atoms with Gasteiger partial charge in [-0.05, 0) is 48.3 Å². The smallest absolute Gasteiger partial charge is 0.423 e. The lowest BCUT2D eigenvalue weighted by Gasteiger charge is -2.19. The molecule has 0 atom stereocenters. The summed E-state index contributed by atoms with van der Waals surface area (Å²) in [4.78, 5) is 13.2. The Kier molecular flexibility index (Phi) is 3.86. The van der Waals surface area contributed by atoms with E-state index in [2.05, 4.69) is 11.4 Å². The number of fused-ring (bicyclic) bond motifs is 1. The fourth-order valence-corrected chi connectivity index (χ4v) is 3.72. The van der Waals surface area contributed by atoms with Crippen molar-refractivity contribution in [2.24, 2.45) is 0 Å². The molecule has 21 heavy (non-hydrogen) atoms. The minimum absolute atomic E-state index is 0.0248. The van der Waals surface area contributed by atoms with Crippen molar-refractivity contribution in [2.75, 3.05) is 11.1 Å². The first-order chi connectivity index (χ1) is 9.95. The summed E-state index contributed by atoms with van der Waals surface area (Å²) in [5, 5.41) is 12.8. The molecule has 0 fully saturated rings. The van der Waals surface area contributed by atoms with Gasteiger partial charge in [0.05, 0.1) is 12.0 Å². The number of carbonyl (C=O) groups excluding carboxylic acids is 1. The maximum absolute atomic E-state index is 12.0. The molecule has 2 aliphatic heterocycles. The van der Waals surface area contributed by atoms with Crippen LogP contribution in [-0.4, -0.2) is 23.8 Å². The van der Waals surface area contributed by atoms with Gasteiger partial charge in [-0.25, -0.2) is 0 Å². The number of nitrogens with one attached hydrogen (secondary N) is 1. The van der Waals surface area contributed by atoms with E-state index >= 15 is 0 Å². The molecular weight excluding hydrogens is 285 g/mol. The normalized spacial score (nSPS) is 19.4. The Morgan fingerprint density at radius 1 is 1.52 bits per heavy atom. The SMILES string of the molecule is CC1(C)OB(O)c2cc(NC(=O)CC3=CCCS3)ccc21. The van der Waals surface area contributed by atoms with Gasteiger partial charge < -0.3 is 15.0 Å². The van der Waals surface area contributed by atoms with E-state index in [1.807, 2.05) is 26.0 Å². The van der Waals surface area contributed by atoms with Crippen LogP contribution in [0.5, 0.6) is 0 Å². The number of benzene rings is 1. The van der Waals surface area contributed by atoms with E-state index in [9.17, 15) is 9.82 Å². The number of thioether (sulfide) groups is 1. The average Bonchev–Trinajstić information content (AvgIpc) is 2.97. The Morgan fingerprint density at radius 2 is 2.33 bits per heavy atom. The molecule has 0 aliphatic carbocycles. The quantitative estimate of drug-likeness (QED) is 0.839. The van der Waals surface area contributed by atoms with Crippen molar-refractivity contribution in [1.29, 1.82) is 0 Å². The van der Waals surface area contributed by atoms with Crippen LogP contribution in [0, 0.1) is 0 Å². The summed E-state index contributed by atoms with van der Waals surface area (Å²) in [6.45, 7) is 3.84. The summed E-state index contributed by atoms with van der Waals surface area (Å²) in [7, 11) is -0.931. The van der Waals surface area contributed by atoms with Gasteiger partial charge in [0.25, 0.3) is 0 Å². The third-order valence-electron chi connectivity index (χ3n) is 3.77. The molecule has 1 aromatic carbocycles. The van der Waals surface area contributed by atoms with E-state index in [0.717, 1.165) is 28.1 Å². The molecule has 0 saturated heterocycles. The standard InChI is InChI=1S/C15H18BNO3S/c1-15(2)12-6-5-10(8-13(12)16(19)20-15)17-14(18)9-11-4-3-7-21-11/h4-6,8,19H,3,7,9H2,1-2H3,(H,17,18). The summed E-state index contributed by atoms with van der Waals surface area (Å²) in [5.74, 6) is 1.04. The van der Waals surface area contributed by atoms with Gasteiger partial charge in [-0.3, -0.25) is 4.79 Å². The van der Waals surface area contributed by atoms with Crippen molar-refractivity contribution in [1.82, 2.24) is 0 Å². The molecule has 0 saturated carbocycles. The molecular formula is C15H18BNO3S. The van der Waals surface area contributed by atoms with Crippen LogP contribution in [0.15, 0.2) is 29.2 Å². The zero-order valence-corrected chi connectivity index (χ0v) is 13.0. The van der Waals surface area contributed by atoms with E-state index in [0.29, 0.717) is 12.1 Å². The van der Waals surface area contributed by atoms with Gasteiger partial charge in [0, 0.05) is 11.4 Å². The van der Waals surface area contributed by atoms with Crippen LogP contribution < -0.4 is 10.8 Å². The topological polar surface area (TPSA) is 58.6 Å². The van der Waals surface area contributed by atoms with Crippen LogP contribution in [-0.2, 0) is 15.0 Å². The number of carbonyl (C=O) groups is 1. The molecule has 1 amide bonds. The number of rotatable bonds is 3. The van der Waals surface area contributed by atoms with Crippen molar-refractivity contribution >= 4 is 35.9 Å². The van der Waals surface area contributed by atoms with Gasteiger partial charge in [-0.15, -0.1) is 11.8 Å². The highest BCUT2D eigenvalue weighted by atomic mass is 32.2. The Labute approximate surface area is 129 Å². The highest BCUT2D eigenvalue weighted by molar-refractivity contribution is 8.03. The van der Waals surface area contributed by atoms with Gasteiger partial charge in [-0.2, -0.15) is 0 Å². The Balaban J connectivity index is 1.73. The van der Waals surface area contributed by atoms with Crippen LogP contribution in [0.1, 0.15) is 32.3 Å². The minimum Gasteiger partial charge on any atom is -0.423 e. The third kappa shape index (κ3) is 3.02. The second-order valence-electron chi connectivity index (χ2n) is 5.82. The lowest BCUT2D eigenvalue weighted by atomic mass is 9.78. The zero-order valence-electron chi connectivity index (χ0n) is 12.2. The van der Waals surface area contributed by atoms with Gasteiger partial charge in [0.1, 0.15) is 0 Å². The Morgan fingerprint density at radius 3 is 3.05 bits per heavy atom. The number of hydrogen-bond donors (Lipinski definition) is 2. The molecule has 0 aromatic heterocycles. The molecule has 0 unspecified atom stereocenters. The summed E-state index contributed by atoms with van der Waals surface area (Å²) < 4.78 is 5.52. The van der Waals surface area contributed by atoms with E-state index in [1.165, 1.54) is 0 Å². The highest BCUT2D eigenvalue weighted by Crippen LogP contribution is 2.31. The van der Waals surface area contributed by atoms with Crippen molar-refractivity contribution in [3.05, 3.63) is 34.7 Å². The Hall–Kier alpha value is -1.24. The summed E-state index contributed by atoms with van der Waals surface area (Å²) in [6.07, 6.45) is 3.59. The molecule has 2 N–H and O–H groups in total. The van der Waals surface area contributed by atoms with Crippen molar-refractivity contribution < 1.29 is 14.5 Å². The summed E-state index contributed by atoms with van der Waals surface area (Å²) in [5.41, 5.74) is 1.89. The maximum atomic E-state index is 12.0. The first-order valence-corrected chi connectivity index (χ1v) is 8.06. The number of amides is 1. The predicted molar refractivity (Wildman–Crippen MR) is 86.6 cm³/mol. The van der Waals surface area contributed by atoms with Gasteiger partial charge in [0.2, 0.25) is 5.91 Å². The lowest BCUT2D eigenvalue weighted by molar-refractivity contribution is -0.115. The highest BCUT2D eigenvalue weighted by Gasteiger charge is 2.40. The van der Waals surface area contributed by atoms with Crippen molar-refractivity contribution in [2.45, 2.75) is 32.3 Å². The molecule has 6 heteroatoms. The Bertz CT molecular complexity index is 615. The largest absolute Gasteiger partial charge is 0.492 e. The summed E-state index contributed by atoms with van der Waals surface area (Å²) >= 11 is 1.74. The number of hydrogen-bond acceptors (Lipinski definition) is 4. The fourth-order valence-electron chi connectivity index (χ4n) is 2.75. The van der Waals surface area contributed by atoms with Crippen LogP contribution in [0.4, 0.5) is 5.69 Å². The zero-order chi connectivity index (χ0) is 15.0. The van der Waals surface area contributed by atoms with Crippen LogP contribution in [0.25, 0.3) is 0 Å². The van der Waals surface area contributed by atoms with Crippen LogP contribution in [0.3, 0.4) is 0 Å². The monoisotopic (exact) mass is 303 g/mol. The maximum Gasteiger partial charge on any atom is 0.492 e. The molecule has 2 heterocycles. The van der Waals surface area contributed by atoms with Crippen molar-refractivity contribution in [3.8, 4) is 0 Å². The number of anilines is 1. The number of allylic oxidation sites excluding steroid dienone is 1. The fraction of sp³-hybridized carbons (Fsp3) is 0.400. The molecule has 110 valence electrons. The first-order valence-electron chi connectivity index (χ1n) is 7.08. The second-order valence-corrected chi connectivity index (χ2v) is 7.04. The van der Waals surface area contributed by atoms with Gasteiger partial charge >= 0.3 is 7.12 Å². The van der Waals surface area contributed by atoms with Gasteiger partial charge in [-0.1, -0.05) is 12.1 Å². The van der Waals surface area contributed by atoms with Gasteiger partial charge in [0.15, 0.2) is 0 Å².